The highest BCUT2D eigenvalue weighted by Crippen LogP contribution is 2.25. The molecule has 8 heteroatoms. The second kappa shape index (κ2) is 7.07. The Morgan fingerprint density at radius 1 is 1.05 bits per heavy atom. The van der Waals surface area contributed by atoms with Crippen LogP contribution in [0.2, 0.25) is 0 Å². The van der Waals surface area contributed by atoms with Crippen molar-refractivity contribution in [1.82, 2.24) is 0 Å². The van der Waals surface area contributed by atoms with E-state index in [1.54, 1.807) is 12.1 Å². The van der Waals surface area contributed by atoms with Crippen molar-refractivity contribution in [3.63, 3.8) is 0 Å². The Morgan fingerprint density at radius 3 is 2.14 bits per heavy atom. The van der Waals surface area contributed by atoms with Crippen molar-refractivity contribution in [2.45, 2.75) is 27.1 Å². The Labute approximate surface area is 122 Å². The van der Waals surface area contributed by atoms with Crippen LogP contribution in [0.25, 0.3) is 0 Å². The fourth-order valence-electron chi connectivity index (χ4n) is 1.50. The second-order valence-electron chi connectivity index (χ2n) is 4.24. The zero-order valence-electron chi connectivity index (χ0n) is 11.9. The summed E-state index contributed by atoms with van der Waals surface area (Å²) in [5, 5.41) is 0. The first-order valence-corrected chi connectivity index (χ1v) is 7.77. The summed E-state index contributed by atoms with van der Waals surface area (Å²) in [6.45, 7) is 2.22. The summed E-state index contributed by atoms with van der Waals surface area (Å²) in [4.78, 5) is 21.8. The van der Waals surface area contributed by atoms with Gasteiger partial charge in [0.1, 0.15) is 19.0 Å². The SMILES string of the molecule is CC(=O)OCc1cccc(OS(C)(=O)=O)c1COC(C)=O. The van der Waals surface area contributed by atoms with Gasteiger partial charge in [0.2, 0.25) is 0 Å². The van der Waals surface area contributed by atoms with Gasteiger partial charge in [0, 0.05) is 19.4 Å². The van der Waals surface area contributed by atoms with Gasteiger partial charge < -0.3 is 13.7 Å². The summed E-state index contributed by atoms with van der Waals surface area (Å²) in [5.74, 6) is -0.978. The monoisotopic (exact) mass is 316 g/mol. The molecule has 0 unspecified atom stereocenters. The first-order chi connectivity index (χ1) is 9.69. The second-order valence-corrected chi connectivity index (χ2v) is 5.82. The van der Waals surface area contributed by atoms with Gasteiger partial charge in [-0.25, -0.2) is 0 Å². The van der Waals surface area contributed by atoms with E-state index in [4.69, 9.17) is 13.7 Å². The molecule has 0 bridgehead atoms. The number of rotatable bonds is 6. The molecule has 0 heterocycles. The van der Waals surface area contributed by atoms with E-state index in [1.807, 2.05) is 0 Å². The molecular formula is C13H16O7S. The average molecular weight is 316 g/mol. The van der Waals surface area contributed by atoms with Gasteiger partial charge in [-0.2, -0.15) is 8.42 Å². The summed E-state index contributed by atoms with van der Waals surface area (Å²) in [6, 6.07) is 4.60. The van der Waals surface area contributed by atoms with Crippen molar-refractivity contribution in [3.8, 4) is 5.75 Å². The van der Waals surface area contributed by atoms with Gasteiger partial charge in [-0.3, -0.25) is 9.59 Å². The lowest BCUT2D eigenvalue weighted by Crippen LogP contribution is -2.11. The third-order valence-corrected chi connectivity index (χ3v) is 2.80. The van der Waals surface area contributed by atoms with Gasteiger partial charge >= 0.3 is 22.1 Å². The minimum absolute atomic E-state index is 0.0309. The summed E-state index contributed by atoms with van der Waals surface area (Å²) in [6.07, 6.45) is 0.904. The molecule has 0 atom stereocenters. The van der Waals surface area contributed by atoms with Gasteiger partial charge in [0.25, 0.3) is 0 Å². The van der Waals surface area contributed by atoms with Crippen LogP contribution in [0.3, 0.4) is 0 Å². The molecule has 1 aromatic rings. The van der Waals surface area contributed by atoms with E-state index >= 15 is 0 Å². The lowest BCUT2D eigenvalue weighted by atomic mass is 10.1. The van der Waals surface area contributed by atoms with Gasteiger partial charge in [-0.15, -0.1) is 0 Å². The zero-order chi connectivity index (χ0) is 16.0. The lowest BCUT2D eigenvalue weighted by Gasteiger charge is -2.14. The van der Waals surface area contributed by atoms with E-state index in [1.165, 1.54) is 19.9 Å². The summed E-state index contributed by atoms with van der Waals surface area (Å²) in [5.41, 5.74) is 0.826. The summed E-state index contributed by atoms with van der Waals surface area (Å²) >= 11 is 0. The summed E-state index contributed by atoms with van der Waals surface area (Å²) in [7, 11) is -3.73. The van der Waals surface area contributed by atoms with Crippen LogP contribution in [0.1, 0.15) is 25.0 Å². The molecule has 0 amide bonds. The third kappa shape index (κ3) is 6.26. The van der Waals surface area contributed by atoms with Crippen molar-refractivity contribution in [1.29, 1.82) is 0 Å². The Balaban J connectivity index is 3.13. The molecule has 1 rings (SSSR count). The number of benzene rings is 1. The maximum atomic E-state index is 11.3. The van der Waals surface area contributed by atoms with Crippen LogP contribution >= 0.6 is 0 Å². The molecule has 21 heavy (non-hydrogen) atoms. The molecule has 0 saturated carbocycles. The molecule has 7 nitrogen and oxygen atoms in total. The van der Waals surface area contributed by atoms with E-state index in [9.17, 15) is 18.0 Å². The highest BCUT2D eigenvalue weighted by molar-refractivity contribution is 7.86. The molecule has 0 fully saturated rings. The number of esters is 2. The smallest absolute Gasteiger partial charge is 0.306 e. The van der Waals surface area contributed by atoms with Gasteiger partial charge in [-0.1, -0.05) is 12.1 Å². The maximum Gasteiger partial charge on any atom is 0.306 e. The topological polar surface area (TPSA) is 96.0 Å². The van der Waals surface area contributed by atoms with E-state index < -0.39 is 22.1 Å². The van der Waals surface area contributed by atoms with Crippen molar-refractivity contribution in [2.75, 3.05) is 6.26 Å². The molecule has 1 aromatic carbocycles. The highest BCUT2D eigenvalue weighted by atomic mass is 32.2. The molecular weight excluding hydrogens is 300 g/mol. The Kier molecular flexibility index (Phi) is 5.71. The standard InChI is InChI=1S/C13H16O7S/c1-9(14)18-7-11-5-4-6-13(20-21(3,16)17)12(11)8-19-10(2)15/h4-6H,7-8H2,1-3H3. The molecule has 0 spiro atoms. The first-order valence-electron chi connectivity index (χ1n) is 5.96. The zero-order valence-corrected chi connectivity index (χ0v) is 12.7. The van der Waals surface area contributed by atoms with Crippen LogP contribution in [0, 0.1) is 0 Å². The quantitative estimate of drug-likeness (QED) is 0.573. The number of ether oxygens (including phenoxy) is 2. The third-order valence-electron chi connectivity index (χ3n) is 2.32. The molecule has 116 valence electrons. The van der Waals surface area contributed by atoms with Crippen molar-refractivity contribution >= 4 is 22.1 Å². The Bertz CT molecular complexity index is 634. The predicted molar refractivity (Wildman–Crippen MR) is 72.9 cm³/mol. The Morgan fingerprint density at radius 2 is 1.62 bits per heavy atom. The minimum Gasteiger partial charge on any atom is -0.461 e. The summed E-state index contributed by atoms with van der Waals surface area (Å²) < 4.78 is 37.1. The van der Waals surface area contributed by atoms with Crippen LogP contribution in [0.4, 0.5) is 0 Å². The maximum absolute atomic E-state index is 11.3. The van der Waals surface area contributed by atoms with Gasteiger partial charge in [0.15, 0.2) is 0 Å². The highest BCUT2D eigenvalue weighted by Gasteiger charge is 2.15. The van der Waals surface area contributed by atoms with E-state index in [0.717, 1.165) is 6.26 Å². The Hall–Kier alpha value is -2.09. The van der Waals surface area contributed by atoms with Crippen LogP contribution in [-0.2, 0) is 42.4 Å². The van der Waals surface area contributed by atoms with E-state index in [2.05, 4.69) is 0 Å². The normalized spacial score (nSPS) is 10.8. The van der Waals surface area contributed by atoms with E-state index in [-0.39, 0.29) is 19.0 Å². The molecule has 0 N–H and O–H groups in total. The lowest BCUT2D eigenvalue weighted by molar-refractivity contribution is -0.143. The molecule has 0 aliphatic carbocycles. The van der Waals surface area contributed by atoms with Crippen molar-refractivity contribution in [3.05, 3.63) is 29.3 Å². The first kappa shape index (κ1) is 17.0. The van der Waals surface area contributed by atoms with Crippen molar-refractivity contribution in [2.24, 2.45) is 0 Å². The van der Waals surface area contributed by atoms with Crippen LogP contribution in [0.15, 0.2) is 18.2 Å². The van der Waals surface area contributed by atoms with Crippen molar-refractivity contribution < 1.29 is 31.7 Å². The average Bonchev–Trinajstić information content (AvgIpc) is 2.32. The number of carbonyl (C=O) groups excluding carboxylic acids is 2. The van der Waals surface area contributed by atoms with Crippen LogP contribution in [0.5, 0.6) is 5.75 Å². The van der Waals surface area contributed by atoms with E-state index in [0.29, 0.717) is 11.1 Å². The fourth-order valence-corrected chi connectivity index (χ4v) is 1.99. The molecule has 0 aromatic heterocycles. The largest absolute Gasteiger partial charge is 0.461 e. The molecule has 0 saturated heterocycles. The number of hydrogen-bond acceptors (Lipinski definition) is 7. The number of hydrogen-bond donors (Lipinski definition) is 0. The predicted octanol–water partition coefficient (Wildman–Crippen LogP) is 1.15. The van der Waals surface area contributed by atoms with Gasteiger partial charge in [0.05, 0.1) is 6.26 Å². The molecule has 0 radical (unpaired) electrons. The molecule has 0 aliphatic rings. The minimum atomic E-state index is -3.73. The molecule has 0 aliphatic heterocycles. The van der Waals surface area contributed by atoms with Gasteiger partial charge in [-0.05, 0) is 11.6 Å². The van der Waals surface area contributed by atoms with Crippen LogP contribution < -0.4 is 4.18 Å². The number of carbonyl (C=O) groups is 2. The van der Waals surface area contributed by atoms with Crippen LogP contribution in [-0.4, -0.2) is 26.6 Å². The fraction of sp³-hybridized carbons (Fsp3) is 0.385.